The second kappa shape index (κ2) is 8.58. The van der Waals surface area contributed by atoms with Crippen LogP contribution >= 0.6 is 23.2 Å². The number of nitrogens with one attached hydrogen (secondary N) is 1. The highest BCUT2D eigenvalue weighted by molar-refractivity contribution is 6.35. The molecule has 0 saturated carbocycles. The lowest BCUT2D eigenvalue weighted by molar-refractivity contribution is -0.386. The zero-order chi connectivity index (χ0) is 21.1. The Morgan fingerprint density at radius 1 is 1.28 bits per heavy atom. The highest BCUT2D eigenvalue weighted by atomic mass is 35.5. The number of benzene rings is 1. The molecule has 0 radical (unpaired) electrons. The Morgan fingerprint density at radius 3 is 2.69 bits per heavy atom. The van der Waals surface area contributed by atoms with Crippen LogP contribution in [0.25, 0.3) is 0 Å². The summed E-state index contributed by atoms with van der Waals surface area (Å²) in [4.78, 5) is 26.8. The summed E-state index contributed by atoms with van der Waals surface area (Å²) in [6.45, 7) is 3.73. The standard InChI is InChI=1S/C17H17Cl2N7O3/c1-10-16(26(28)29)11(2)25(22-10)6-5-15(27)21-17-20-9-24(23-17)8-12-3-4-13(18)7-14(12)19/h3-4,7,9H,5-6,8H2,1-2H3,(H,21,23,27). The summed E-state index contributed by atoms with van der Waals surface area (Å²) in [6.07, 6.45) is 1.54. The van der Waals surface area contributed by atoms with Crippen molar-refractivity contribution in [1.82, 2.24) is 24.5 Å². The van der Waals surface area contributed by atoms with Crippen molar-refractivity contribution < 1.29 is 9.72 Å². The van der Waals surface area contributed by atoms with Crippen molar-refractivity contribution in [3.8, 4) is 0 Å². The van der Waals surface area contributed by atoms with Gasteiger partial charge in [-0.3, -0.25) is 24.9 Å². The van der Waals surface area contributed by atoms with Gasteiger partial charge in [-0.15, -0.1) is 5.10 Å². The van der Waals surface area contributed by atoms with Gasteiger partial charge >= 0.3 is 5.69 Å². The summed E-state index contributed by atoms with van der Waals surface area (Å²) >= 11 is 12.0. The molecule has 2 aromatic heterocycles. The van der Waals surface area contributed by atoms with Crippen molar-refractivity contribution in [1.29, 1.82) is 0 Å². The Labute approximate surface area is 175 Å². The molecule has 0 bridgehead atoms. The van der Waals surface area contributed by atoms with Crippen molar-refractivity contribution in [2.45, 2.75) is 33.4 Å². The Bertz CT molecular complexity index is 1080. The van der Waals surface area contributed by atoms with Crippen LogP contribution in [0.1, 0.15) is 23.4 Å². The number of hydrogen-bond acceptors (Lipinski definition) is 6. The van der Waals surface area contributed by atoms with Gasteiger partial charge in [0, 0.05) is 16.5 Å². The van der Waals surface area contributed by atoms with Crippen LogP contribution in [0.5, 0.6) is 0 Å². The third-order valence-corrected chi connectivity index (χ3v) is 4.80. The van der Waals surface area contributed by atoms with E-state index < -0.39 is 4.92 Å². The molecule has 0 unspecified atom stereocenters. The molecule has 0 saturated heterocycles. The Balaban J connectivity index is 1.58. The van der Waals surface area contributed by atoms with E-state index in [-0.39, 0.29) is 30.5 Å². The van der Waals surface area contributed by atoms with Gasteiger partial charge in [0.1, 0.15) is 17.7 Å². The highest BCUT2D eigenvalue weighted by Crippen LogP contribution is 2.22. The fourth-order valence-electron chi connectivity index (χ4n) is 2.82. The number of rotatable bonds is 7. The molecule has 1 amide bonds. The van der Waals surface area contributed by atoms with E-state index in [1.54, 1.807) is 32.0 Å². The summed E-state index contributed by atoms with van der Waals surface area (Å²) in [7, 11) is 0. The maximum atomic E-state index is 12.2. The average molecular weight is 438 g/mol. The first kappa shape index (κ1) is 20.7. The number of carbonyl (C=O) groups excluding carboxylic acids is 1. The van der Waals surface area contributed by atoms with Gasteiger partial charge in [-0.25, -0.2) is 9.67 Å². The number of nitro groups is 1. The topological polar surface area (TPSA) is 121 Å². The zero-order valence-electron chi connectivity index (χ0n) is 15.6. The second-order valence-corrected chi connectivity index (χ2v) is 7.14. The molecule has 0 spiro atoms. The number of carbonyl (C=O) groups is 1. The molecule has 10 nitrogen and oxygen atoms in total. The lowest BCUT2D eigenvalue weighted by Crippen LogP contribution is -2.16. The Kier molecular flexibility index (Phi) is 6.14. The first-order chi connectivity index (χ1) is 13.7. The maximum absolute atomic E-state index is 12.2. The highest BCUT2D eigenvalue weighted by Gasteiger charge is 2.22. The Hall–Kier alpha value is -2.98. The summed E-state index contributed by atoms with van der Waals surface area (Å²) in [5.74, 6) is -0.179. The zero-order valence-corrected chi connectivity index (χ0v) is 17.1. The normalized spacial score (nSPS) is 10.9. The molecule has 12 heteroatoms. The van der Waals surface area contributed by atoms with E-state index in [1.807, 2.05) is 0 Å². The van der Waals surface area contributed by atoms with Gasteiger partial charge in [-0.1, -0.05) is 29.3 Å². The lowest BCUT2D eigenvalue weighted by Gasteiger charge is -2.05. The van der Waals surface area contributed by atoms with E-state index in [1.165, 1.54) is 15.7 Å². The number of nitrogens with zero attached hydrogens (tertiary/aromatic N) is 6. The number of anilines is 1. The largest absolute Gasteiger partial charge is 0.312 e. The van der Waals surface area contributed by atoms with Crippen LogP contribution in [0, 0.1) is 24.0 Å². The molecule has 0 fully saturated rings. The molecular weight excluding hydrogens is 421 g/mol. The van der Waals surface area contributed by atoms with Gasteiger partial charge < -0.3 is 0 Å². The number of aryl methyl sites for hydroxylation is 2. The van der Waals surface area contributed by atoms with E-state index in [2.05, 4.69) is 20.5 Å². The van der Waals surface area contributed by atoms with Crippen LogP contribution in [0.2, 0.25) is 10.0 Å². The van der Waals surface area contributed by atoms with Gasteiger partial charge in [0.2, 0.25) is 11.9 Å². The number of halogens is 2. The molecule has 152 valence electrons. The van der Waals surface area contributed by atoms with E-state index in [0.29, 0.717) is 28.0 Å². The molecule has 0 atom stereocenters. The van der Waals surface area contributed by atoms with Gasteiger partial charge in [0.05, 0.1) is 18.0 Å². The van der Waals surface area contributed by atoms with E-state index in [4.69, 9.17) is 23.2 Å². The van der Waals surface area contributed by atoms with Gasteiger partial charge in [0.15, 0.2) is 0 Å². The average Bonchev–Trinajstić information content (AvgIpc) is 3.19. The van der Waals surface area contributed by atoms with Crippen molar-refractivity contribution in [3.63, 3.8) is 0 Å². The number of aromatic nitrogens is 5. The van der Waals surface area contributed by atoms with Gasteiger partial charge in [-0.05, 0) is 31.5 Å². The molecule has 3 aromatic rings. The SMILES string of the molecule is Cc1nn(CCC(=O)Nc2ncn(Cc3ccc(Cl)cc3Cl)n2)c(C)c1[N+](=O)[O-]. The molecular formula is C17H17Cl2N7O3. The molecule has 1 N–H and O–H groups in total. The smallest absolute Gasteiger partial charge is 0.293 e. The third-order valence-electron chi connectivity index (χ3n) is 4.21. The molecule has 0 aliphatic rings. The molecule has 3 rings (SSSR count). The van der Waals surface area contributed by atoms with Crippen molar-refractivity contribution in [3.05, 3.63) is 61.6 Å². The van der Waals surface area contributed by atoms with Crippen LogP contribution < -0.4 is 5.32 Å². The van der Waals surface area contributed by atoms with Crippen molar-refractivity contribution in [2.24, 2.45) is 0 Å². The molecule has 2 heterocycles. The molecule has 0 aliphatic carbocycles. The molecule has 0 aliphatic heterocycles. The monoisotopic (exact) mass is 437 g/mol. The number of hydrogen-bond donors (Lipinski definition) is 1. The number of amides is 1. The fourth-order valence-corrected chi connectivity index (χ4v) is 3.28. The van der Waals surface area contributed by atoms with Crippen LogP contribution in [-0.4, -0.2) is 35.4 Å². The van der Waals surface area contributed by atoms with Crippen LogP contribution in [-0.2, 0) is 17.9 Å². The minimum absolute atomic E-state index is 0.0355. The van der Waals surface area contributed by atoms with Crippen LogP contribution in [0.15, 0.2) is 24.5 Å². The van der Waals surface area contributed by atoms with Crippen molar-refractivity contribution >= 4 is 40.7 Å². The lowest BCUT2D eigenvalue weighted by atomic mass is 10.2. The summed E-state index contributed by atoms with van der Waals surface area (Å²) in [5.41, 5.74) is 1.49. The maximum Gasteiger partial charge on any atom is 0.312 e. The van der Waals surface area contributed by atoms with E-state index in [9.17, 15) is 14.9 Å². The third kappa shape index (κ3) is 4.90. The Morgan fingerprint density at radius 2 is 2.03 bits per heavy atom. The minimum Gasteiger partial charge on any atom is -0.293 e. The van der Waals surface area contributed by atoms with Crippen molar-refractivity contribution in [2.75, 3.05) is 5.32 Å². The first-order valence-corrected chi connectivity index (χ1v) is 9.32. The van der Waals surface area contributed by atoms with Crippen LogP contribution in [0.4, 0.5) is 11.6 Å². The summed E-state index contributed by atoms with van der Waals surface area (Å²) in [5, 5.41) is 23.0. The van der Waals surface area contributed by atoms with E-state index in [0.717, 1.165) is 5.56 Å². The quantitative estimate of drug-likeness (QED) is 0.446. The molecule has 29 heavy (non-hydrogen) atoms. The first-order valence-electron chi connectivity index (χ1n) is 8.56. The summed E-state index contributed by atoms with van der Waals surface area (Å²) in [6, 6.07) is 5.16. The predicted molar refractivity (Wildman–Crippen MR) is 107 cm³/mol. The van der Waals surface area contributed by atoms with Gasteiger partial charge in [0.25, 0.3) is 0 Å². The summed E-state index contributed by atoms with van der Waals surface area (Å²) < 4.78 is 2.98. The fraction of sp³-hybridized carbons (Fsp3) is 0.294. The molecule has 1 aromatic carbocycles. The predicted octanol–water partition coefficient (Wildman–Crippen LogP) is 3.38. The van der Waals surface area contributed by atoms with E-state index >= 15 is 0 Å². The second-order valence-electron chi connectivity index (χ2n) is 6.30. The minimum atomic E-state index is -0.474. The van der Waals surface area contributed by atoms with Crippen LogP contribution in [0.3, 0.4) is 0 Å². The van der Waals surface area contributed by atoms with Gasteiger partial charge in [-0.2, -0.15) is 5.10 Å².